The number of hydrogen-bond acceptors (Lipinski definition) is 8. The Morgan fingerprint density at radius 1 is 1.41 bits per heavy atom. The van der Waals surface area contributed by atoms with Gasteiger partial charge in [-0.15, -0.1) is 11.3 Å². The van der Waals surface area contributed by atoms with Gasteiger partial charge >= 0.3 is 5.97 Å². The summed E-state index contributed by atoms with van der Waals surface area (Å²) in [6.07, 6.45) is 2.93. The number of carbonyl (C=O) groups is 2. The van der Waals surface area contributed by atoms with E-state index in [0.29, 0.717) is 19.1 Å². The normalized spacial score (nSPS) is 14.6. The minimum atomic E-state index is -0.534. The molecule has 3 rings (SSSR count). The molecule has 10 heteroatoms. The second-order valence-corrected chi connectivity index (χ2v) is 6.92. The van der Waals surface area contributed by atoms with Gasteiger partial charge in [0.25, 0.3) is 5.91 Å². The van der Waals surface area contributed by atoms with Crippen LogP contribution in [0.1, 0.15) is 40.6 Å². The monoisotopic (exact) mass is 411 g/mol. The summed E-state index contributed by atoms with van der Waals surface area (Å²) in [5.74, 6) is -0.681. The molecule has 3 heterocycles. The first-order valence-electron chi connectivity index (χ1n) is 8.40. The molecule has 0 bridgehead atoms. The predicted octanol–water partition coefficient (Wildman–Crippen LogP) is 3.18. The molecule has 1 amide bonds. The molecule has 1 aliphatic heterocycles. The zero-order valence-electron chi connectivity index (χ0n) is 14.6. The summed E-state index contributed by atoms with van der Waals surface area (Å²) in [4.78, 5) is 32.2. The van der Waals surface area contributed by atoms with E-state index in [-0.39, 0.29) is 34.1 Å². The maximum absolute atomic E-state index is 12.4. The van der Waals surface area contributed by atoms with E-state index in [2.05, 4.69) is 15.3 Å². The van der Waals surface area contributed by atoms with Crippen LogP contribution in [0.3, 0.4) is 0 Å². The van der Waals surface area contributed by atoms with Gasteiger partial charge < -0.3 is 14.2 Å². The minimum absolute atomic E-state index is 0.0000398. The first-order valence-corrected chi connectivity index (χ1v) is 9.66. The minimum Gasteiger partial charge on any atom is -0.473 e. The second kappa shape index (κ2) is 9.12. The molecule has 1 N–H and O–H groups in total. The van der Waals surface area contributed by atoms with E-state index in [0.717, 1.165) is 24.2 Å². The molecule has 0 atom stereocenters. The molecule has 144 valence electrons. The molecule has 0 spiro atoms. The van der Waals surface area contributed by atoms with Crippen LogP contribution in [0, 0.1) is 0 Å². The fraction of sp³-hybridized carbons (Fsp3) is 0.412. The number of amides is 1. The summed E-state index contributed by atoms with van der Waals surface area (Å²) >= 11 is 7.33. The molecule has 27 heavy (non-hydrogen) atoms. The highest BCUT2D eigenvalue weighted by Gasteiger charge is 2.19. The number of halogens is 1. The summed E-state index contributed by atoms with van der Waals surface area (Å²) < 4.78 is 15.9. The van der Waals surface area contributed by atoms with E-state index >= 15 is 0 Å². The fourth-order valence-corrected chi connectivity index (χ4v) is 3.27. The number of esters is 1. The lowest BCUT2D eigenvalue weighted by Crippen LogP contribution is -2.26. The van der Waals surface area contributed by atoms with Crippen LogP contribution in [0.4, 0.5) is 5.13 Å². The standard InChI is InChI=1S/C17H18ClN3O5S/c1-2-25-16(23)13-9-27-17(20-13)21-14(22)10-7-12(18)15(19-8-10)26-11-3-5-24-6-4-11/h7-9,11H,2-6H2,1H3,(H,20,21,22). The van der Waals surface area contributed by atoms with Crippen LogP contribution in [0.25, 0.3) is 0 Å². The van der Waals surface area contributed by atoms with E-state index < -0.39 is 11.9 Å². The van der Waals surface area contributed by atoms with Gasteiger partial charge in [-0.3, -0.25) is 10.1 Å². The van der Waals surface area contributed by atoms with Gasteiger partial charge in [-0.1, -0.05) is 11.6 Å². The van der Waals surface area contributed by atoms with Crippen molar-refractivity contribution in [2.24, 2.45) is 0 Å². The summed E-state index contributed by atoms with van der Waals surface area (Å²) in [5.41, 5.74) is 0.403. The molecule has 1 saturated heterocycles. The smallest absolute Gasteiger partial charge is 0.357 e. The molecule has 0 aromatic carbocycles. The first kappa shape index (κ1) is 19.5. The third-order valence-electron chi connectivity index (χ3n) is 3.73. The van der Waals surface area contributed by atoms with Gasteiger partial charge in [-0.25, -0.2) is 14.8 Å². The molecule has 0 unspecified atom stereocenters. The highest BCUT2D eigenvalue weighted by Crippen LogP contribution is 2.26. The van der Waals surface area contributed by atoms with Crippen LogP contribution in [0.15, 0.2) is 17.6 Å². The quantitative estimate of drug-likeness (QED) is 0.728. The van der Waals surface area contributed by atoms with Gasteiger partial charge in [0.05, 0.1) is 25.4 Å². The second-order valence-electron chi connectivity index (χ2n) is 5.65. The molecule has 0 aliphatic carbocycles. The van der Waals surface area contributed by atoms with Crippen molar-refractivity contribution in [3.05, 3.63) is 33.9 Å². The number of nitrogens with zero attached hydrogens (tertiary/aromatic N) is 2. The average Bonchev–Trinajstić information content (AvgIpc) is 3.13. The number of anilines is 1. The largest absolute Gasteiger partial charge is 0.473 e. The third-order valence-corrected chi connectivity index (χ3v) is 4.75. The van der Waals surface area contributed by atoms with Gasteiger partial charge in [-0.2, -0.15) is 0 Å². The lowest BCUT2D eigenvalue weighted by Gasteiger charge is -2.23. The Hall–Kier alpha value is -2.23. The van der Waals surface area contributed by atoms with Crippen molar-refractivity contribution in [3.63, 3.8) is 0 Å². The highest BCUT2D eigenvalue weighted by atomic mass is 35.5. The summed E-state index contributed by atoms with van der Waals surface area (Å²) in [7, 11) is 0. The Morgan fingerprint density at radius 2 is 2.19 bits per heavy atom. The summed E-state index contributed by atoms with van der Waals surface area (Å²) in [6.45, 7) is 3.25. The first-order chi connectivity index (χ1) is 13.1. The Morgan fingerprint density at radius 3 is 2.89 bits per heavy atom. The number of nitrogens with one attached hydrogen (secondary N) is 1. The van der Waals surface area contributed by atoms with Gasteiger partial charge in [-0.05, 0) is 13.0 Å². The Balaban J connectivity index is 1.63. The van der Waals surface area contributed by atoms with E-state index in [1.807, 2.05) is 0 Å². The van der Waals surface area contributed by atoms with Crippen LogP contribution in [0.5, 0.6) is 5.88 Å². The van der Waals surface area contributed by atoms with Crippen LogP contribution < -0.4 is 10.1 Å². The Kier molecular flexibility index (Phi) is 6.59. The van der Waals surface area contributed by atoms with Crippen molar-refractivity contribution in [3.8, 4) is 5.88 Å². The van der Waals surface area contributed by atoms with E-state index in [1.54, 1.807) is 6.92 Å². The zero-order valence-corrected chi connectivity index (χ0v) is 16.1. The number of pyridine rings is 1. The van der Waals surface area contributed by atoms with Crippen molar-refractivity contribution in [2.75, 3.05) is 25.1 Å². The number of aromatic nitrogens is 2. The topological polar surface area (TPSA) is 99.6 Å². The van der Waals surface area contributed by atoms with Gasteiger partial charge in [0.15, 0.2) is 10.8 Å². The average molecular weight is 412 g/mol. The third kappa shape index (κ3) is 5.15. The number of rotatable bonds is 6. The predicted molar refractivity (Wildman–Crippen MR) is 99.7 cm³/mol. The van der Waals surface area contributed by atoms with Crippen molar-refractivity contribution >= 4 is 39.9 Å². The molecular weight excluding hydrogens is 394 g/mol. The Bertz CT molecular complexity index is 823. The SMILES string of the molecule is CCOC(=O)c1csc(NC(=O)c2cnc(OC3CCOCC3)c(Cl)c2)n1. The molecule has 8 nitrogen and oxygen atoms in total. The molecule has 2 aromatic heterocycles. The van der Waals surface area contributed by atoms with E-state index in [1.165, 1.54) is 17.6 Å². The molecule has 1 aliphatic rings. The van der Waals surface area contributed by atoms with Gasteiger partial charge in [0.1, 0.15) is 11.1 Å². The van der Waals surface area contributed by atoms with E-state index in [4.69, 9.17) is 25.8 Å². The van der Waals surface area contributed by atoms with Crippen molar-refractivity contribution < 1.29 is 23.8 Å². The number of ether oxygens (including phenoxy) is 3. The molecular formula is C17H18ClN3O5S. The lowest BCUT2D eigenvalue weighted by molar-refractivity contribution is 0.0237. The van der Waals surface area contributed by atoms with Crippen molar-refractivity contribution in [1.29, 1.82) is 0 Å². The van der Waals surface area contributed by atoms with Gasteiger partial charge in [0, 0.05) is 24.4 Å². The summed E-state index contributed by atoms with van der Waals surface area (Å²) in [6, 6.07) is 1.48. The van der Waals surface area contributed by atoms with Crippen molar-refractivity contribution in [2.45, 2.75) is 25.9 Å². The van der Waals surface area contributed by atoms with Crippen LogP contribution in [-0.2, 0) is 9.47 Å². The molecule has 0 radical (unpaired) electrons. The number of hydrogen-bond donors (Lipinski definition) is 1. The maximum Gasteiger partial charge on any atom is 0.357 e. The Labute approximate surface area is 164 Å². The molecule has 1 fully saturated rings. The lowest BCUT2D eigenvalue weighted by atomic mass is 10.1. The fourth-order valence-electron chi connectivity index (χ4n) is 2.39. The zero-order chi connectivity index (χ0) is 19.2. The number of carbonyl (C=O) groups excluding carboxylic acids is 2. The molecule has 0 saturated carbocycles. The van der Waals surface area contributed by atoms with E-state index in [9.17, 15) is 9.59 Å². The summed E-state index contributed by atoms with van der Waals surface area (Å²) in [5, 5.41) is 4.66. The molecule has 2 aromatic rings. The number of thiazole rings is 1. The maximum atomic E-state index is 12.4. The van der Waals surface area contributed by atoms with Crippen molar-refractivity contribution in [1.82, 2.24) is 9.97 Å². The van der Waals surface area contributed by atoms with Crippen LogP contribution in [-0.4, -0.2) is 47.8 Å². The van der Waals surface area contributed by atoms with Crippen LogP contribution in [0.2, 0.25) is 5.02 Å². The van der Waals surface area contributed by atoms with Gasteiger partial charge in [0.2, 0.25) is 5.88 Å². The van der Waals surface area contributed by atoms with Crippen LogP contribution >= 0.6 is 22.9 Å². The highest BCUT2D eigenvalue weighted by molar-refractivity contribution is 7.14.